The summed E-state index contributed by atoms with van der Waals surface area (Å²) in [6, 6.07) is 4.07. The summed E-state index contributed by atoms with van der Waals surface area (Å²) in [5.74, 6) is -0.991. The van der Waals surface area contributed by atoms with Crippen LogP contribution in [0.1, 0.15) is 18.4 Å². The molecular formula is C14H20F2N2O. The van der Waals surface area contributed by atoms with Crippen molar-refractivity contribution in [2.75, 3.05) is 20.2 Å². The average Bonchev–Trinajstić information content (AvgIpc) is 2.43. The lowest BCUT2D eigenvalue weighted by atomic mass is 9.98. The van der Waals surface area contributed by atoms with Crippen LogP contribution in [0.15, 0.2) is 18.2 Å². The first kappa shape index (κ1) is 14.4. The van der Waals surface area contributed by atoms with Gasteiger partial charge in [-0.15, -0.1) is 0 Å². The zero-order valence-electron chi connectivity index (χ0n) is 11.1. The van der Waals surface area contributed by atoms with Gasteiger partial charge in [0.25, 0.3) is 0 Å². The summed E-state index contributed by atoms with van der Waals surface area (Å²) in [7, 11) is 1.68. The molecule has 5 heteroatoms. The standard InChI is InChI=1S/C14H20F2N2O/c1-19-11-5-6-18(10(7-11)8-17)9-12-13(15)3-2-4-14(12)16/h2-4,10-11H,5-9,17H2,1H3. The summed E-state index contributed by atoms with van der Waals surface area (Å²) in [6.45, 7) is 1.47. The number of nitrogens with two attached hydrogens (primary N) is 1. The maximum Gasteiger partial charge on any atom is 0.130 e. The van der Waals surface area contributed by atoms with Crippen LogP contribution in [0.4, 0.5) is 8.78 Å². The first-order valence-electron chi connectivity index (χ1n) is 6.55. The van der Waals surface area contributed by atoms with Crippen LogP contribution >= 0.6 is 0 Å². The number of piperidine rings is 1. The van der Waals surface area contributed by atoms with Crippen LogP contribution < -0.4 is 5.73 Å². The topological polar surface area (TPSA) is 38.5 Å². The summed E-state index contributed by atoms with van der Waals surface area (Å²) in [4.78, 5) is 2.04. The van der Waals surface area contributed by atoms with Crippen molar-refractivity contribution in [2.24, 2.45) is 5.73 Å². The molecule has 1 aliphatic rings. The first-order valence-corrected chi connectivity index (χ1v) is 6.55. The summed E-state index contributed by atoms with van der Waals surface area (Å²) in [5, 5.41) is 0. The Hall–Kier alpha value is -1.04. The molecule has 1 saturated heterocycles. The third-order valence-electron chi connectivity index (χ3n) is 3.82. The van der Waals surface area contributed by atoms with Crippen molar-refractivity contribution in [1.29, 1.82) is 0 Å². The number of benzene rings is 1. The SMILES string of the molecule is COC1CCN(Cc2c(F)cccc2F)C(CN)C1. The van der Waals surface area contributed by atoms with E-state index in [0.717, 1.165) is 19.4 Å². The van der Waals surface area contributed by atoms with Crippen LogP contribution in [-0.4, -0.2) is 37.2 Å². The summed E-state index contributed by atoms with van der Waals surface area (Å²) in [5.41, 5.74) is 5.88. The van der Waals surface area contributed by atoms with Gasteiger partial charge in [0.15, 0.2) is 0 Å². The highest BCUT2D eigenvalue weighted by Crippen LogP contribution is 2.23. The number of hydrogen-bond acceptors (Lipinski definition) is 3. The average molecular weight is 270 g/mol. The number of halogens is 2. The molecular weight excluding hydrogens is 250 g/mol. The molecule has 2 atom stereocenters. The van der Waals surface area contributed by atoms with Crippen molar-refractivity contribution >= 4 is 0 Å². The van der Waals surface area contributed by atoms with E-state index in [4.69, 9.17) is 10.5 Å². The number of methoxy groups -OCH3 is 1. The minimum atomic E-state index is -0.496. The quantitative estimate of drug-likeness (QED) is 0.908. The Labute approximate surface area is 112 Å². The Bertz CT molecular complexity index is 408. The van der Waals surface area contributed by atoms with E-state index >= 15 is 0 Å². The van der Waals surface area contributed by atoms with Crippen LogP contribution in [0.2, 0.25) is 0 Å². The maximum absolute atomic E-state index is 13.7. The van der Waals surface area contributed by atoms with Crippen LogP contribution in [0.5, 0.6) is 0 Å². The van der Waals surface area contributed by atoms with Crippen LogP contribution in [0.3, 0.4) is 0 Å². The fourth-order valence-corrected chi connectivity index (χ4v) is 2.62. The molecule has 1 aliphatic heterocycles. The fourth-order valence-electron chi connectivity index (χ4n) is 2.62. The maximum atomic E-state index is 13.7. The summed E-state index contributed by atoms with van der Waals surface area (Å²) < 4.78 is 32.7. The molecule has 0 bridgehead atoms. The van der Waals surface area contributed by atoms with Crippen molar-refractivity contribution in [1.82, 2.24) is 4.90 Å². The highest BCUT2D eigenvalue weighted by atomic mass is 19.1. The van der Waals surface area contributed by atoms with Crippen molar-refractivity contribution in [3.8, 4) is 0 Å². The van der Waals surface area contributed by atoms with Gasteiger partial charge in [-0.3, -0.25) is 4.90 Å². The number of nitrogens with zero attached hydrogens (tertiary/aromatic N) is 1. The molecule has 1 aromatic carbocycles. The third-order valence-corrected chi connectivity index (χ3v) is 3.82. The molecule has 0 radical (unpaired) electrons. The van der Waals surface area contributed by atoms with E-state index in [1.165, 1.54) is 18.2 Å². The van der Waals surface area contributed by atoms with Crippen molar-refractivity contribution in [3.05, 3.63) is 35.4 Å². The molecule has 2 rings (SSSR count). The van der Waals surface area contributed by atoms with Crippen molar-refractivity contribution in [2.45, 2.75) is 31.5 Å². The molecule has 0 spiro atoms. The predicted octanol–water partition coefficient (Wildman–Crippen LogP) is 1.90. The van der Waals surface area contributed by atoms with E-state index in [0.29, 0.717) is 6.54 Å². The van der Waals surface area contributed by atoms with Crippen molar-refractivity contribution in [3.63, 3.8) is 0 Å². The molecule has 1 aromatic rings. The Morgan fingerprint density at radius 2 is 2.05 bits per heavy atom. The molecule has 106 valence electrons. The van der Waals surface area contributed by atoms with E-state index in [9.17, 15) is 8.78 Å². The molecule has 0 aliphatic carbocycles. The minimum Gasteiger partial charge on any atom is -0.381 e. The van der Waals surface area contributed by atoms with Gasteiger partial charge in [-0.1, -0.05) is 6.07 Å². The van der Waals surface area contributed by atoms with Gasteiger partial charge in [0, 0.05) is 38.3 Å². The third kappa shape index (κ3) is 3.29. The first-order chi connectivity index (χ1) is 9.15. The predicted molar refractivity (Wildman–Crippen MR) is 69.6 cm³/mol. The van der Waals surface area contributed by atoms with Gasteiger partial charge in [0.2, 0.25) is 0 Å². The lowest BCUT2D eigenvalue weighted by Gasteiger charge is -2.38. The number of hydrogen-bond donors (Lipinski definition) is 1. The van der Waals surface area contributed by atoms with Crippen LogP contribution in [0, 0.1) is 11.6 Å². The largest absolute Gasteiger partial charge is 0.381 e. The lowest BCUT2D eigenvalue weighted by molar-refractivity contribution is 0.00951. The Morgan fingerprint density at radius 1 is 1.37 bits per heavy atom. The van der Waals surface area contributed by atoms with E-state index in [-0.39, 0.29) is 24.3 Å². The molecule has 2 N–H and O–H groups in total. The molecule has 3 nitrogen and oxygen atoms in total. The Balaban J connectivity index is 2.10. The van der Waals surface area contributed by atoms with E-state index in [2.05, 4.69) is 0 Å². The van der Waals surface area contributed by atoms with Gasteiger partial charge in [0.05, 0.1) is 6.10 Å². The zero-order valence-corrected chi connectivity index (χ0v) is 11.1. The van der Waals surface area contributed by atoms with E-state index in [1.807, 2.05) is 4.90 Å². The van der Waals surface area contributed by atoms with Gasteiger partial charge in [-0.25, -0.2) is 8.78 Å². The lowest BCUT2D eigenvalue weighted by Crippen LogP contribution is -2.48. The van der Waals surface area contributed by atoms with E-state index < -0.39 is 11.6 Å². The van der Waals surface area contributed by atoms with Crippen molar-refractivity contribution < 1.29 is 13.5 Å². The Kier molecular flexibility index (Phi) is 4.85. The second-order valence-corrected chi connectivity index (χ2v) is 4.94. The van der Waals surface area contributed by atoms with Gasteiger partial charge in [-0.2, -0.15) is 0 Å². The number of rotatable bonds is 4. The highest BCUT2D eigenvalue weighted by molar-refractivity contribution is 5.19. The van der Waals surface area contributed by atoms with E-state index in [1.54, 1.807) is 7.11 Å². The van der Waals surface area contributed by atoms with Gasteiger partial charge in [-0.05, 0) is 25.0 Å². The summed E-state index contributed by atoms with van der Waals surface area (Å²) in [6.07, 6.45) is 1.86. The molecule has 0 amide bonds. The normalized spacial score (nSPS) is 24.6. The highest BCUT2D eigenvalue weighted by Gasteiger charge is 2.28. The molecule has 2 unspecified atom stereocenters. The number of ether oxygens (including phenoxy) is 1. The fraction of sp³-hybridized carbons (Fsp3) is 0.571. The number of likely N-dealkylation sites (tertiary alicyclic amines) is 1. The van der Waals surface area contributed by atoms with Gasteiger partial charge < -0.3 is 10.5 Å². The molecule has 1 heterocycles. The summed E-state index contributed by atoms with van der Waals surface area (Å²) >= 11 is 0. The van der Waals surface area contributed by atoms with Gasteiger partial charge >= 0.3 is 0 Å². The van der Waals surface area contributed by atoms with Gasteiger partial charge in [0.1, 0.15) is 11.6 Å². The minimum absolute atomic E-state index is 0.109. The monoisotopic (exact) mass is 270 g/mol. The molecule has 0 aromatic heterocycles. The smallest absolute Gasteiger partial charge is 0.130 e. The molecule has 19 heavy (non-hydrogen) atoms. The molecule has 1 fully saturated rings. The second kappa shape index (κ2) is 6.41. The molecule has 0 saturated carbocycles. The van der Waals surface area contributed by atoms with Crippen LogP contribution in [0.25, 0.3) is 0 Å². The second-order valence-electron chi connectivity index (χ2n) is 4.94. The van der Waals surface area contributed by atoms with Crippen LogP contribution in [-0.2, 0) is 11.3 Å². The zero-order chi connectivity index (χ0) is 13.8. The Morgan fingerprint density at radius 3 is 2.63 bits per heavy atom.